The molecule has 0 aliphatic carbocycles. The third-order valence-electron chi connectivity index (χ3n) is 3.51. The monoisotopic (exact) mass is 320 g/mol. The number of rotatable bonds is 3. The Labute approximate surface area is 136 Å². The van der Waals surface area contributed by atoms with Crippen molar-refractivity contribution in [2.45, 2.75) is 10.1 Å². The van der Waals surface area contributed by atoms with Gasteiger partial charge in [-0.3, -0.25) is 0 Å². The van der Waals surface area contributed by atoms with E-state index >= 15 is 0 Å². The molecule has 5 nitrogen and oxygen atoms in total. The molecule has 0 aliphatic rings. The highest BCUT2D eigenvalue weighted by atomic mass is 32.2. The van der Waals surface area contributed by atoms with Crippen LogP contribution in [0, 0.1) is 0 Å². The fourth-order valence-corrected chi connectivity index (χ4v) is 3.32. The maximum absolute atomic E-state index is 5.25. The summed E-state index contributed by atoms with van der Waals surface area (Å²) < 4.78 is 5.25. The molecule has 6 heteroatoms. The molecule has 0 saturated carbocycles. The molecule has 0 spiro atoms. The average Bonchev–Trinajstić information content (AvgIpc) is 2.62. The Hall–Kier alpha value is -2.73. The summed E-state index contributed by atoms with van der Waals surface area (Å²) in [6.45, 7) is 0. The minimum Gasteiger partial charge on any atom is -0.497 e. The lowest BCUT2D eigenvalue weighted by molar-refractivity contribution is 0.415. The number of benzene rings is 2. The van der Waals surface area contributed by atoms with E-state index in [1.54, 1.807) is 19.8 Å². The highest BCUT2D eigenvalue weighted by Crippen LogP contribution is 2.34. The molecule has 0 N–H and O–H groups in total. The van der Waals surface area contributed by atoms with Crippen LogP contribution >= 0.6 is 11.8 Å². The van der Waals surface area contributed by atoms with Crippen molar-refractivity contribution >= 4 is 33.6 Å². The van der Waals surface area contributed by atoms with E-state index in [2.05, 4.69) is 19.9 Å². The normalized spacial score (nSPS) is 11.0. The van der Waals surface area contributed by atoms with Gasteiger partial charge >= 0.3 is 0 Å². The van der Waals surface area contributed by atoms with Gasteiger partial charge in [0.2, 0.25) is 0 Å². The second-order valence-corrected chi connectivity index (χ2v) is 5.84. The number of hydrogen-bond donors (Lipinski definition) is 0. The molecule has 0 radical (unpaired) electrons. The van der Waals surface area contributed by atoms with Crippen LogP contribution in [0.5, 0.6) is 5.75 Å². The van der Waals surface area contributed by atoms with Gasteiger partial charge in [0, 0.05) is 16.8 Å². The Kier molecular flexibility index (Phi) is 3.51. The fraction of sp³-hybridized carbons (Fsp3) is 0.0588. The van der Waals surface area contributed by atoms with Crippen molar-refractivity contribution in [3.63, 3.8) is 0 Å². The number of ether oxygens (including phenoxy) is 1. The van der Waals surface area contributed by atoms with Gasteiger partial charge in [-0.15, -0.1) is 0 Å². The molecule has 2 aromatic carbocycles. The average molecular weight is 320 g/mol. The van der Waals surface area contributed by atoms with Gasteiger partial charge in [-0.2, -0.15) is 0 Å². The lowest BCUT2D eigenvalue weighted by Crippen LogP contribution is -1.91. The number of fused-ring (bicyclic) bond motifs is 2. The van der Waals surface area contributed by atoms with Crippen LogP contribution in [0.2, 0.25) is 0 Å². The number of aromatic nitrogens is 4. The highest BCUT2D eigenvalue weighted by Gasteiger charge is 2.10. The first-order valence-electron chi connectivity index (χ1n) is 7.01. The zero-order chi connectivity index (χ0) is 15.6. The molecule has 2 aromatic heterocycles. The second kappa shape index (κ2) is 5.81. The Bertz CT molecular complexity index is 1000. The van der Waals surface area contributed by atoms with Gasteiger partial charge in [-0.1, -0.05) is 18.2 Å². The summed E-state index contributed by atoms with van der Waals surface area (Å²) in [5.41, 5.74) is 1.77. The van der Waals surface area contributed by atoms with Crippen LogP contribution in [-0.2, 0) is 0 Å². The first-order valence-corrected chi connectivity index (χ1v) is 7.83. The molecule has 2 heterocycles. The van der Waals surface area contributed by atoms with E-state index in [0.717, 1.165) is 37.6 Å². The molecule has 0 atom stereocenters. The van der Waals surface area contributed by atoms with Crippen LogP contribution in [-0.4, -0.2) is 27.0 Å². The summed E-state index contributed by atoms with van der Waals surface area (Å²) >= 11 is 1.52. The quantitative estimate of drug-likeness (QED) is 0.536. The third-order valence-corrected chi connectivity index (χ3v) is 4.54. The first-order chi connectivity index (χ1) is 11.3. The van der Waals surface area contributed by atoms with Crippen molar-refractivity contribution in [3.05, 3.63) is 55.1 Å². The molecule has 0 unspecified atom stereocenters. The smallest absolute Gasteiger partial charge is 0.121 e. The summed E-state index contributed by atoms with van der Waals surface area (Å²) in [5, 5.41) is 3.73. The molecular weight excluding hydrogens is 308 g/mol. The number of nitrogens with zero attached hydrogens (tertiary/aromatic N) is 4. The minimum absolute atomic E-state index is 0.777. The molecule has 4 aromatic rings. The van der Waals surface area contributed by atoms with Gasteiger partial charge < -0.3 is 4.74 Å². The molecular formula is C17H12N4OS. The molecule has 4 rings (SSSR count). The van der Waals surface area contributed by atoms with Crippen LogP contribution in [0.15, 0.2) is 65.2 Å². The van der Waals surface area contributed by atoms with Crippen molar-refractivity contribution in [3.8, 4) is 5.75 Å². The maximum Gasteiger partial charge on any atom is 0.121 e. The molecule has 0 bridgehead atoms. The summed E-state index contributed by atoms with van der Waals surface area (Å²) in [6.07, 6.45) is 3.14. The molecule has 0 saturated heterocycles. The van der Waals surface area contributed by atoms with E-state index in [4.69, 9.17) is 4.74 Å². The summed E-state index contributed by atoms with van der Waals surface area (Å²) in [6, 6.07) is 13.7. The van der Waals surface area contributed by atoms with Gasteiger partial charge in [0.15, 0.2) is 0 Å². The van der Waals surface area contributed by atoms with Crippen molar-refractivity contribution in [1.82, 2.24) is 19.9 Å². The van der Waals surface area contributed by atoms with Crippen LogP contribution in [0.25, 0.3) is 21.8 Å². The molecule has 0 amide bonds. The Balaban J connectivity index is 1.83. The zero-order valence-corrected chi connectivity index (χ0v) is 13.1. The lowest BCUT2D eigenvalue weighted by atomic mass is 10.2. The van der Waals surface area contributed by atoms with E-state index in [-0.39, 0.29) is 0 Å². The Morgan fingerprint density at radius 2 is 1.48 bits per heavy atom. The number of para-hydroxylation sites is 1. The second-order valence-electron chi connectivity index (χ2n) is 4.86. The fourth-order valence-electron chi connectivity index (χ4n) is 2.37. The van der Waals surface area contributed by atoms with Crippen molar-refractivity contribution in [2.75, 3.05) is 7.11 Å². The van der Waals surface area contributed by atoms with Gasteiger partial charge in [0.25, 0.3) is 0 Å². The van der Waals surface area contributed by atoms with E-state index in [9.17, 15) is 0 Å². The molecule has 0 aliphatic heterocycles. The number of methoxy groups -OCH3 is 1. The zero-order valence-electron chi connectivity index (χ0n) is 12.3. The summed E-state index contributed by atoms with van der Waals surface area (Å²) in [4.78, 5) is 17.4. The summed E-state index contributed by atoms with van der Waals surface area (Å²) in [5.74, 6) is 0.777. The minimum atomic E-state index is 0.777. The highest BCUT2D eigenvalue weighted by molar-refractivity contribution is 7.99. The molecule has 112 valence electrons. The molecule has 0 fully saturated rings. The van der Waals surface area contributed by atoms with Crippen molar-refractivity contribution < 1.29 is 4.74 Å². The van der Waals surface area contributed by atoms with E-state index in [1.165, 1.54) is 11.8 Å². The predicted molar refractivity (Wildman–Crippen MR) is 89.8 cm³/mol. The van der Waals surface area contributed by atoms with Crippen LogP contribution < -0.4 is 4.74 Å². The van der Waals surface area contributed by atoms with Crippen molar-refractivity contribution in [1.29, 1.82) is 0 Å². The van der Waals surface area contributed by atoms with Crippen molar-refractivity contribution in [2.24, 2.45) is 0 Å². The standard InChI is InChI=1S/C17H12N4OS/c1-22-11-6-7-13-15(8-11)19-10-21-17(13)23-16-12-4-2-3-5-14(12)18-9-20-16/h2-10H,1H3. The first kappa shape index (κ1) is 13.9. The Morgan fingerprint density at radius 1 is 0.783 bits per heavy atom. The SMILES string of the molecule is COc1ccc2c(Sc3ncnc4ccccc34)ncnc2c1. The van der Waals surface area contributed by atoms with Gasteiger partial charge in [0.1, 0.15) is 28.5 Å². The third kappa shape index (κ3) is 2.57. The van der Waals surface area contributed by atoms with Crippen LogP contribution in [0.3, 0.4) is 0 Å². The van der Waals surface area contributed by atoms with E-state index in [1.807, 2.05) is 42.5 Å². The lowest BCUT2D eigenvalue weighted by Gasteiger charge is -2.07. The van der Waals surface area contributed by atoms with Crippen LogP contribution in [0.1, 0.15) is 0 Å². The Morgan fingerprint density at radius 3 is 2.26 bits per heavy atom. The van der Waals surface area contributed by atoms with Gasteiger partial charge in [0.05, 0.1) is 18.1 Å². The summed E-state index contributed by atoms with van der Waals surface area (Å²) in [7, 11) is 1.64. The molecule has 23 heavy (non-hydrogen) atoms. The van der Waals surface area contributed by atoms with E-state index < -0.39 is 0 Å². The number of hydrogen-bond acceptors (Lipinski definition) is 6. The topological polar surface area (TPSA) is 60.8 Å². The van der Waals surface area contributed by atoms with E-state index in [0.29, 0.717) is 0 Å². The predicted octanol–water partition coefficient (Wildman–Crippen LogP) is 3.73. The maximum atomic E-state index is 5.25. The van der Waals surface area contributed by atoms with Gasteiger partial charge in [-0.25, -0.2) is 19.9 Å². The largest absolute Gasteiger partial charge is 0.497 e. The van der Waals surface area contributed by atoms with Crippen LogP contribution in [0.4, 0.5) is 0 Å². The van der Waals surface area contributed by atoms with Gasteiger partial charge in [-0.05, 0) is 30.0 Å².